The normalized spacial score (nSPS) is 13.0. The van der Waals surface area contributed by atoms with Gasteiger partial charge >= 0.3 is 0 Å². The molecule has 0 amide bonds. The Morgan fingerprint density at radius 2 is 2.17 bits per heavy atom. The number of nitrogens with one attached hydrogen (secondary N) is 1. The van der Waals surface area contributed by atoms with Gasteiger partial charge in [0, 0.05) is 30.1 Å². The molecule has 1 aromatic rings. The summed E-state index contributed by atoms with van der Waals surface area (Å²) in [6, 6.07) is 5.42. The van der Waals surface area contributed by atoms with Crippen LogP contribution in [0.25, 0.3) is 0 Å². The lowest BCUT2D eigenvalue weighted by molar-refractivity contribution is 0.251. The van der Waals surface area contributed by atoms with E-state index in [1.165, 1.54) is 18.6 Å². The van der Waals surface area contributed by atoms with Crippen molar-refractivity contribution < 1.29 is 4.39 Å². The topological polar surface area (TPSA) is 15.3 Å². The first-order chi connectivity index (χ1) is 8.54. The van der Waals surface area contributed by atoms with Crippen molar-refractivity contribution in [3.05, 3.63) is 34.1 Å². The number of hydrogen-bond donors (Lipinski definition) is 1. The Morgan fingerprint density at radius 1 is 1.44 bits per heavy atom. The van der Waals surface area contributed by atoms with Crippen LogP contribution in [0.15, 0.2) is 22.7 Å². The monoisotopic (exact) mass is 316 g/mol. The number of nitrogens with zero attached hydrogens (tertiary/aromatic N) is 1. The van der Waals surface area contributed by atoms with E-state index >= 15 is 0 Å². The number of hydrogen-bond acceptors (Lipinski definition) is 2. The van der Waals surface area contributed by atoms with E-state index in [0.717, 1.165) is 29.7 Å². The van der Waals surface area contributed by atoms with Crippen LogP contribution in [0.5, 0.6) is 0 Å². The summed E-state index contributed by atoms with van der Waals surface area (Å²) in [4.78, 5) is 2.34. The predicted molar refractivity (Wildman–Crippen MR) is 78.2 cm³/mol. The Bertz CT molecular complexity index is 371. The highest BCUT2D eigenvalue weighted by Crippen LogP contribution is 2.17. The van der Waals surface area contributed by atoms with Crippen LogP contribution < -0.4 is 5.32 Å². The Morgan fingerprint density at radius 3 is 2.78 bits per heavy atom. The molecule has 0 aliphatic heterocycles. The SMILES string of the molecule is CCC(C)N(C)CCNCc1ccc(F)cc1Br. The summed E-state index contributed by atoms with van der Waals surface area (Å²) < 4.78 is 13.7. The highest BCUT2D eigenvalue weighted by atomic mass is 79.9. The van der Waals surface area contributed by atoms with Gasteiger partial charge in [-0.3, -0.25) is 0 Å². The molecule has 1 aromatic carbocycles. The molecule has 4 heteroatoms. The van der Waals surface area contributed by atoms with E-state index in [0.29, 0.717) is 6.04 Å². The molecule has 0 fully saturated rings. The maximum absolute atomic E-state index is 12.9. The smallest absolute Gasteiger partial charge is 0.124 e. The van der Waals surface area contributed by atoms with Gasteiger partial charge < -0.3 is 10.2 Å². The van der Waals surface area contributed by atoms with Crippen LogP contribution in [-0.2, 0) is 6.54 Å². The Balaban J connectivity index is 2.29. The van der Waals surface area contributed by atoms with Gasteiger partial charge in [-0.1, -0.05) is 28.9 Å². The first kappa shape index (κ1) is 15.6. The quantitative estimate of drug-likeness (QED) is 0.775. The standard InChI is InChI=1S/C14H22BrFN2/c1-4-11(2)18(3)8-7-17-10-12-5-6-13(16)9-14(12)15/h5-6,9,11,17H,4,7-8,10H2,1-3H3. The minimum Gasteiger partial charge on any atom is -0.311 e. The van der Waals surface area contributed by atoms with Crippen LogP contribution in [0.1, 0.15) is 25.8 Å². The first-order valence-corrected chi connectivity index (χ1v) is 7.18. The zero-order valence-corrected chi connectivity index (χ0v) is 12.9. The van der Waals surface area contributed by atoms with Gasteiger partial charge in [0.2, 0.25) is 0 Å². The summed E-state index contributed by atoms with van der Waals surface area (Å²) >= 11 is 3.37. The molecule has 1 rings (SSSR count). The molecule has 0 saturated carbocycles. The maximum Gasteiger partial charge on any atom is 0.124 e. The second kappa shape index (κ2) is 7.87. The van der Waals surface area contributed by atoms with Gasteiger partial charge in [-0.25, -0.2) is 4.39 Å². The third-order valence-corrected chi connectivity index (χ3v) is 4.05. The number of benzene rings is 1. The summed E-state index contributed by atoms with van der Waals surface area (Å²) in [5, 5.41) is 3.38. The summed E-state index contributed by atoms with van der Waals surface area (Å²) in [6.07, 6.45) is 1.17. The molecule has 18 heavy (non-hydrogen) atoms. The lowest BCUT2D eigenvalue weighted by atomic mass is 10.2. The van der Waals surface area contributed by atoms with E-state index in [1.54, 1.807) is 0 Å². The van der Waals surface area contributed by atoms with Gasteiger partial charge in [-0.2, -0.15) is 0 Å². The molecular weight excluding hydrogens is 295 g/mol. The Hall–Kier alpha value is -0.450. The van der Waals surface area contributed by atoms with E-state index in [9.17, 15) is 4.39 Å². The Labute approximate surface area is 118 Å². The van der Waals surface area contributed by atoms with Crippen molar-refractivity contribution in [3.8, 4) is 0 Å². The fourth-order valence-electron chi connectivity index (χ4n) is 1.68. The molecule has 0 bridgehead atoms. The maximum atomic E-state index is 12.9. The third-order valence-electron chi connectivity index (χ3n) is 3.32. The van der Waals surface area contributed by atoms with Crippen molar-refractivity contribution in [1.29, 1.82) is 0 Å². The summed E-state index contributed by atoms with van der Waals surface area (Å²) in [6.45, 7) is 7.15. The van der Waals surface area contributed by atoms with Crippen LogP contribution in [0.4, 0.5) is 4.39 Å². The lowest BCUT2D eigenvalue weighted by Crippen LogP contribution is -2.34. The van der Waals surface area contributed by atoms with Gasteiger partial charge in [0.25, 0.3) is 0 Å². The van der Waals surface area contributed by atoms with Crippen LogP contribution >= 0.6 is 15.9 Å². The van der Waals surface area contributed by atoms with Crippen LogP contribution in [0.3, 0.4) is 0 Å². The second-order valence-corrected chi connectivity index (χ2v) is 5.50. The number of halogens is 2. The molecule has 0 aromatic heterocycles. The number of rotatable bonds is 7. The molecular formula is C14H22BrFN2. The summed E-state index contributed by atoms with van der Waals surface area (Å²) in [5.41, 5.74) is 1.09. The van der Waals surface area contributed by atoms with E-state index in [2.05, 4.69) is 47.0 Å². The van der Waals surface area contributed by atoms with E-state index in [-0.39, 0.29) is 5.82 Å². The van der Waals surface area contributed by atoms with E-state index < -0.39 is 0 Å². The molecule has 0 heterocycles. The molecule has 102 valence electrons. The van der Waals surface area contributed by atoms with Crippen LogP contribution in [0, 0.1) is 5.82 Å². The van der Waals surface area contributed by atoms with E-state index in [4.69, 9.17) is 0 Å². The molecule has 1 atom stereocenters. The molecule has 2 nitrogen and oxygen atoms in total. The third kappa shape index (κ3) is 5.04. The van der Waals surface area contributed by atoms with Gasteiger partial charge in [0.05, 0.1) is 0 Å². The highest BCUT2D eigenvalue weighted by molar-refractivity contribution is 9.10. The highest BCUT2D eigenvalue weighted by Gasteiger charge is 2.06. The van der Waals surface area contributed by atoms with Gasteiger partial charge in [-0.05, 0) is 38.1 Å². The average molecular weight is 317 g/mol. The zero-order valence-electron chi connectivity index (χ0n) is 11.3. The molecule has 0 radical (unpaired) electrons. The van der Waals surface area contributed by atoms with E-state index in [1.807, 2.05) is 6.07 Å². The minimum absolute atomic E-state index is 0.206. The van der Waals surface area contributed by atoms with Gasteiger partial charge in [0.15, 0.2) is 0 Å². The molecule has 1 N–H and O–H groups in total. The Kier molecular flexibility index (Phi) is 6.82. The molecule has 0 saturated heterocycles. The van der Waals surface area contributed by atoms with Crippen molar-refractivity contribution in [1.82, 2.24) is 10.2 Å². The molecule has 0 aliphatic rings. The first-order valence-electron chi connectivity index (χ1n) is 6.39. The summed E-state index contributed by atoms with van der Waals surface area (Å²) in [7, 11) is 2.14. The van der Waals surface area contributed by atoms with Crippen molar-refractivity contribution in [2.45, 2.75) is 32.9 Å². The molecule has 0 aliphatic carbocycles. The van der Waals surface area contributed by atoms with Crippen molar-refractivity contribution in [3.63, 3.8) is 0 Å². The van der Waals surface area contributed by atoms with Crippen molar-refractivity contribution in [2.75, 3.05) is 20.1 Å². The second-order valence-electron chi connectivity index (χ2n) is 4.65. The largest absolute Gasteiger partial charge is 0.311 e. The number of likely N-dealkylation sites (N-methyl/N-ethyl adjacent to an activating group) is 1. The average Bonchev–Trinajstić information content (AvgIpc) is 2.35. The fraction of sp³-hybridized carbons (Fsp3) is 0.571. The van der Waals surface area contributed by atoms with Gasteiger partial charge in [-0.15, -0.1) is 0 Å². The fourth-order valence-corrected chi connectivity index (χ4v) is 2.17. The molecule has 1 unspecified atom stereocenters. The predicted octanol–water partition coefficient (Wildman–Crippen LogP) is 3.41. The van der Waals surface area contributed by atoms with Crippen LogP contribution in [-0.4, -0.2) is 31.1 Å². The van der Waals surface area contributed by atoms with Crippen molar-refractivity contribution >= 4 is 15.9 Å². The van der Waals surface area contributed by atoms with Gasteiger partial charge in [0.1, 0.15) is 5.82 Å². The zero-order chi connectivity index (χ0) is 13.5. The molecule has 0 spiro atoms. The lowest BCUT2D eigenvalue weighted by Gasteiger charge is -2.23. The van der Waals surface area contributed by atoms with Crippen molar-refractivity contribution in [2.24, 2.45) is 0 Å². The summed E-state index contributed by atoms with van der Waals surface area (Å²) in [5.74, 6) is -0.206. The van der Waals surface area contributed by atoms with Crippen LogP contribution in [0.2, 0.25) is 0 Å². The minimum atomic E-state index is -0.206.